The molecule has 8 nitrogen and oxygen atoms in total. The summed E-state index contributed by atoms with van der Waals surface area (Å²) in [6.45, 7) is 7.43. The Morgan fingerprint density at radius 1 is 0.872 bits per heavy atom. The Hall–Kier alpha value is -4.34. The molecule has 0 spiro atoms. The van der Waals surface area contributed by atoms with Crippen molar-refractivity contribution in [1.82, 2.24) is 10.2 Å². The zero-order valence-electron chi connectivity index (χ0n) is 27.2. The number of hydrogen-bond acceptors (Lipinski definition) is 5. The summed E-state index contributed by atoms with van der Waals surface area (Å²) in [5, 5.41) is 3.44. The van der Waals surface area contributed by atoms with Gasteiger partial charge >= 0.3 is 0 Å². The lowest BCUT2D eigenvalue weighted by atomic mass is 10.0. The van der Waals surface area contributed by atoms with E-state index < -0.39 is 28.5 Å². The van der Waals surface area contributed by atoms with Crippen LogP contribution in [-0.2, 0) is 32.6 Å². The van der Waals surface area contributed by atoms with Crippen LogP contribution in [0.2, 0.25) is 5.02 Å². The summed E-state index contributed by atoms with van der Waals surface area (Å²) in [6, 6.07) is 28.6. The molecule has 0 aliphatic carbocycles. The molecule has 0 aliphatic heterocycles. The first-order valence-corrected chi connectivity index (χ1v) is 17.5. The molecule has 0 saturated heterocycles. The maximum Gasteiger partial charge on any atom is 0.264 e. The van der Waals surface area contributed by atoms with Gasteiger partial charge in [-0.25, -0.2) is 8.42 Å². The Morgan fingerprint density at radius 2 is 1.51 bits per heavy atom. The van der Waals surface area contributed by atoms with Crippen LogP contribution in [0.25, 0.3) is 0 Å². The van der Waals surface area contributed by atoms with Crippen molar-refractivity contribution in [2.75, 3.05) is 17.5 Å². The molecule has 4 rings (SSSR count). The van der Waals surface area contributed by atoms with Crippen LogP contribution in [0.15, 0.2) is 108 Å². The maximum absolute atomic E-state index is 14.7. The Bertz CT molecular complexity index is 1750. The fraction of sp³-hybridized carbons (Fsp3) is 0.297. The molecule has 4 aromatic carbocycles. The minimum Gasteiger partial charge on any atom is -0.492 e. The minimum atomic E-state index is -4.30. The Kier molecular flexibility index (Phi) is 12.4. The number of halogens is 1. The molecule has 0 radical (unpaired) electrons. The van der Waals surface area contributed by atoms with Crippen LogP contribution >= 0.6 is 11.6 Å². The van der Waals surface area contributed by atoms with Gasteiger partial charge < -0.3 is 15.0 Å². The number of hydrogen-bond donors (Lipinski definition) is 1. The number of sulfonamides is 1. The smallest absolute Gasteiger partial charge is 0.264 e. The van der Waals surface area contributed by atoms with Crippen molar-refractivity contribution in [2.45, 2.75) is 64.1 Å². The van der Waals surface area contributed by atoms with Crippen molar-refractivity contribution in [3.63, 3.8) is 0 Å². The third-order valence-electron chi connectivity index (χ3n) is 7.99. The first-order valence-electron chi connectivity index (χ1n) is 15.7. The van der Waals surface area contributed by atoms with Gasteiger partial charge in [-0.05, 0) is 80.3 Å². The zero-order valence-corrected chi connectivity index (χ0v) is 28.8. The average Bonchev–Trinajstić information content (AvgIpc) is 3.07. The monoisotopic (exact) mass is 675 g/mol. The second kappa shape index (κ2) is 16.5. The van der Waals surface area contributed by atoms with Crippen LogP contribution in [0.5, 0.6) is 5.75 Å². The van der Waals surface area contributed by atoms with Gasteiger partial charge in [-0.15, -0.1) is 0 Å². The van der Waals surface area contributed by atoms with E-state index >= 15 is 0 Å². The van der Waals surface area contributed by atoms with E-state index in [4.69, 9.17) is 16.3 Å². The van der Waals surface area contributed by atoms with E-state index in [0.29, 0.717) is 17.2 Å². The van der Waals surface area contributed by atoms with Gasteiger partial charge in [-0.3, -0.25) is 13.9 Å². The van der Waals surface area contributed by atoms with E-state index in [1.165, 1.54) is 29.2 Å². The first kappa shape index (κ1) is 35.5. The highest BCUT2D eigenvalue weighted by Crippen LogP contribution is 2.33. The summed E-state index contributed by atoms with van der Waals surface area (Å²) in [7, 11) is -4.30. The van der Waals surface area contributed by atoms with E-state index in [9.17, 15) is 18.0 Å². The van der Waals surface area contributed by atoms with Gasteiger partial charge in [0.05, 0.1) is 17.2 Å². The lowest BCUT2D eigenvalue weighted by Crippen LogP contribution is -2.54. The largest absolute Gasteiger partial charge is 0.492 e. The van der Waals surface area contributed by atoms with Gasteiger partial charge in [0.25, 0.3) is 10.0 Å². The molecule has 10 heteroatoms. The molecule has 47 heavy (non-hydrogen) atoms. The van der Waals surface area contributed by atoms with Crippen LogP contribution in [0, 0.1) is 6.92 Å². The predicted octanol–water partition coefficient (Wildman–Crippen LogP) is 6.80. The lowest BCUT2D eigenvalue weighted by molar-refractivity contribution is -0.140. The fourth-order valence-electron chi connectivity index (χ4n) is 5.15. The van der Waals surface area contributed by atoms with Gasteiger partial charge in [-0.2, -0.15) is 0 Å². The number of para-hydroxylation sites is 2. The second-order valence-electron chi connectivity index (χ2n) is 11.3. The fourth-order valence-corrected chi connectivity index (χ4v) is 6.70. The topological polar surface area (TPSA) is 96.0 Å². The first-order chi connectivity index (χ1) is 22.5. The molecule has 0 aromatic heterocycles. The van der Waals surface area contributed by atoms with E-state index in [-0.39, 0.29) is 42.1 Å². The summed E-state index contributed by atoms with van der Waals surface area (Å²) >= 11 is 6.09. The van der Waals surface area contributed by atoms with Gasteiger partial charge in [0, 0.05) is 24.0 Å². The second-order valence-corrected chi connectivity index (χ2v) is 13.6. The molecule has 0 aliphatic rings. The molecule has 2 atom stereocenters. The molecule has 0 fully saturated rings. The molecular weight excluding hydrogens is 634 g/mol. The van der Waals surface area contributed by atoms with E-state index in [2.05, 4.69) is 5.32 Å². The molecule has 4 aromatic rings. The summed E-state index contributed by atoms with van der Waals surface area (Å²) in [6.07, 6.45) is 0.942. The highest BCUT2D eigenvalue weighted by molar-refractivity contribution is 7.92. The summed E-state index contributed by atoms with van der Waals surface area (Å²) < 4.78 is 35.5. The number of nitrogens with zero attached hydrogens (tertiary/aromatic N) is 2. The molecule has 0 saturated carbocycles. The van der Waals surface area contributed by atoms with Crippen molar-refractivity contribution in [3.8, 4) is 5.75 Å². The van der Waals surface area contributed by atoms with Gasteiger partial charge in [0.1, 0.15) is 18.3 Å². The van der Waals surface area contributed by atoms with Crippen LogP contribution in [0.1, 0.15) is 43.9 Å². The molecule has 1 N–H and O–H groups in total. The van der Waals surface area contributed by atoms with Crippen LogP contribution in [0.3, 0.4) is 0 Å². The number of amides is 2. The highest BCUT2D eigenvalue weighted by Gasteiger charge is 2.36. The van der Waals surface area contributed by atoms with Gasteiger partial charge in [-0.1, -0.05) is 85.3 Å². The van der Waals surface area contributed by atoms with Crippen molar-refractivity contribution in [1.29, 1.82) is 0 Å². The van der Waals surface area contributed by atoms with Crippen molar-refractivity contribution >= 4 is 39.1 Å². The SMILES string of the molecule is CCOc1ccccc1N(CC(=O)N(Cc1ccccc1C)[C@@H](Cc1ccccc1)C(=O)N[C@@H](C)CC)S(=O)(=O)c1ccc(Cl)cc1. The summed E-state index contributed by atoms with van der Waals surface area (Å²) in [4.78, 5) is 30.2. The van der Waals surface area contributed by atoms with E-state index in [1.54, 1.807) is 31.2 Å². The molecule has 2 amide bonds. The van der Waals surface area contributed by atoms with Gasteiger partial charge in [0.15, 0.2) is 0 Å². The summed E-state index contributed by atoms with van der Waals surface area (Å²) in [5.41, 5.74) is 2.86. The molecular formula is C37H42ClN3O5S. The van der Waals surface area contributed by atoms with E-state index in [1.807, 2.05) is 75.4 Å². The number of nitrogens with one attached hydrogen (secondary N) is 1. The number of rotatable bonds is 15. The molecule has 0 bridgehead atoms. The summed E-state index contributed by atoms with van der Waals surface area (Å²) in [5.74, 6) is -0.551. The van der Waals surface area contributed by atoms with Crippen molar-refractivity contribution in [3.05, 3.63) is 125 Å². The third-order valence-corrected chi connectivity index (χ3v) is 10.0. The minimum absolute atomic E-state index is 0.0400. The highest BCUT2D eigenvalue weighted by atomic mass is 35.5. The molecule has 248 valence electrons. The zero-order chi connectivity index (χ0) is 34.0. The predicted molar refractivity (Wildman–Crippen MR) is 187 cm³/mol. The number of carbonyl (C=O) groups excluding carboxylic acids is 2. The van der Waals surface area contributed by atoms with Crippen molar-refractivity contribution in [2.24, 2.45) is 0 Å². The Morgan fingerprint density at radius 3 is 2.17 bits per heavy atom. The quantitative estimate of drug-likeness (QED) is 0.150. The Balaban J connectivity index is 1.85. The number of benzene rings is 4. The van der Waals surface area contributed by atoms with Crippen LogP contribution in [-0.4, -0.2) is 50.4 Å². The number of ether oxygens (including phenoxy) is 1. The number of aryl methyl sites for hydroxylation is 1. The maximum atomic E-state index is 14.7. The third kappa shape index (κ3) is 9.14. The Labute approximate surface area is 283 Å². The van der Waals surface area contributed by atoms with Gasteiger partial charge in [0.2, 0.25) is 11.8 Å². The number of carbonyl (C=O) groups is 2. The van der Waals surface area contributed by atoms with Crippen molar-refractivity contribution < 1.29 is 22.7 Å². The van der Waals surface area contributed by atoms with Crippen LogP contribution in [0.4, 0.5) is 5.69 Å². The lowest BCUT2D eigenvalue weighted by Gasteiger charge is -2.35. The normalized spacial score (nSPS) is 12.5. The van der Waals surface area contributed by atoms with Crippen LogP contribution < -0.4 is 14.4 Å². The molecule has 0 unspecified atom stereocenters. The van der Waals surface area contributed by atoms with E-state index in [0.717, 1.165) is 21.0 Å². The number of anilines is 1. The standard InChI is InChI=1S/C37H42ClN3O5S/c1-5-28(4)39-37(43)34(24-29-15-8-7-9-16-29)40(25-30-17-11-10-14-27(30)3)36(42)26-41(33-18-12-13-19-35(33)46-6-2)47(44,45)32-22-20-31(38)21-23-32/h7-23,28,34H,5-6,24-26H2,1-4H3,(H,39,43)/t28-,34-/m0/s1. The molecule has 0 heterocycles. The average molecular weight is 676 g/mol.